The highest BCUT2D eigenvalue weighted by atomic mass is 35.5. The second kappa shape index (κ2) is 8.75. The number of hydrogen-bond donors (Lipinski definition) is 0. The fourth-order valence-corrected chi connectivity index (χ4v) is 4.76. The second-order valence-electron chi connectivity index (χ2n) is 7.55. The van der Waals surface area contributed by atoms with E-state index in [0.717, 1.165) is 24.9 Å². The number of rotatable bonds is 4. The van der Waals surface area contributed by atoms with E-state index in [1.54, 1.807) is 0 Å². The van der Waals surface area contributed by atoms with Crippen molar-refractivity contribution in [3.63, 3.8) is 0 Å². The molecule has 1 aromatic heterocycles. The van der Waals surface area contributed by atoms with Gasteiger partial charge >= 0.3 is 0 Å². The Morgan fingerprint density at radius 2 is 1.88 bits per heavy atom. The lowest BCUT2D eigenvalue weighted by molar-refractivity contribution is 0.223. The summed E-state index contributed by atoms with van der Waals surface area (Å²) in [6.45, 7) is 10.0. The van der Waals surface area contributed by atoms with Crippen LogP contribution in [0.25, 0.3) is 0 Å². The maximum Gasteiger partial charge on any atom is 0.0949 e. The number of imidazole rings is 1. The van der Waals surface area contributed by atoms with Gasteiger partial charge < -0.3 is 4.57 Å². The molecule has 0 amide bonds. The van der Waals surface area contributed by atoms with Gasteiger partial charge in [0.25, 0.3) is 0 Å². The first-order valence-corrected chi connectivity index (χ1v) is 9.14. The van der Waals surface area contributed by atoms with Gasteiger partial charge in [-0.1, -0.05) is 24.3 Å². The van der Waals surface area contributed by atoms with Crippen LogP contribution in [0.3, 0.4) is 0 Å². The quantitative estimate of drug-likeness (QED) is 0.785. The Morgan fingerprint density at radius 3 is 2.58 bits per heavy atom. The molecule has 0 unspecified atom stereocenters. The average molecular weight is 397 g/mol. The number of hydrogen-bond acceptors (Lipinski definition) is 3. The largest absolute Gasteiger partial charge is 0.337 e. The molecule has 4 nitrogen and oxygen atoms in total. The van der Waals surface area contributed by atoms with Crippen molar-refractivity contribution in [2.24, 2.45) is 11.8 Å². The van der Waals surface area contributed by atoms with Crippen LogP contribution in [0, 0.1) is 18.8 Å². The number of benzene rings is 1. The summed E-state index contributed by atoms with van der Waals surface area (Å²) in [5, 5.41) is 0. The molecule has 1 aromatic carbocycles. The Morgan fingerprint density at radius 1 is 1.12 bits per heavy atom. The molecular weight excluding hydrogens is 367 g/mol. The minimum Gasteiger partial charge on any atom is -0.337 e. The Hall–Kier alpha value is -1.07. The molecule has 0 spiro atoms. The molecule has 0 N–H and O–H groups in total. The van der Waals surface area contributed by atoms with Gasteiger partial charge in [0.1, 0.15) is 0 Å². The SMILES string of the molecule is CCn1cnc(CN2C[C@@H]3CN(C)[C@@H](c4ccccc4C)[C@@H]3C2)c1.Cl.Cl. The lowest BCUT2D eigenvalue weighted by Crippen LogP contribution is -2.29. The number of likely N-dealkylation sites (tertiary alicyclic amines) is 2. The highest BCUT2D eigenvalue weighted by Crippen LogP contribution is 2.44. The van der Waals surface area contributed by atoms with Crippen molar-refractivity contribution in [3.05, 3.63) is 53.6 Å². The summed E-state index contributed by atoms with van der Waals surface area (Å²) in [5.41, 5.74) is 4.15. The molecule has 3 atom stereocenters. The van der Waals surface area contributed by atoms with Crippen molar-refractivity contribution in [2.45, 2.75) is 33.0 Å². The molecule has 0 bridgehead atoms. The van der Waals surface area contributed by atoms with Gasteiger partial charge in [-0.05, 0) is 43.9 Å². The average Bonchev–Trinajstić information content (AvgIpc) is 3.23. The van der Waals surface area contributed by atoms with E-state index in [2.05, 4.69) is 70.7 Å². The fourth-order valence-electron chi connectivity index (χ4n) is 4.76. The van der Waals surface area contributed by atoms with E-state index in [1.165, 1.54) is 36.5 Å². The third kappa shape index (κ3) is 3.94. The Bertz CT molecular complexity index is 717. The molecule has 2 saturated heterocycles. The Kier molecular flexibility index (Phi) is 7.14. The molecule has 4 rings (SSSR count). The monoisotopic (exact) mass is 396 g/mol. The van der Waals surface area contributed by atoms with Gasteiger partial charge in [-0.3, -0.25) is 9.80 Å². The number of aromatic nitrogens is 2. The lowest BCUT2D eigenvalue weighted by Gasteiger charge is -2.27. The predicted octanol–water partition coefficient (Wildman–Crippen LogP) is 3.79. The van der Waals surface area contributed by atoms with Crippen LogP contribution in [0.1, 0.15) is 29.8 Å². The number of fused-ring (bicyclic) bond motifs is 1. The normalized spacial score (nSPS) is 25.6. The molecule has 2 aliphatic rings. The highest BCUT2D eigenvalue weighted by molar-refractivity contribution is 5.85. The predicted molar refractivity (Wildman–Crippen MR) is 111 cm³/mol. The van der Waals surface area contributed by atoms with Gasteiger partial charge in [-0.25, -0.2) is 4.98 Å². The van der Waals surface area contributed by atoms with E-state index in [9.17, 15) is 0 Å². The molecule has 26 heavy (non-hydrogen) atoms. The summed E-state index contributed by atoms with van der Waals surface area (Å²) in [6.07, 6.45) is 4.15. The van der Waals surface area contributed by atoms with E-state index in [4.69, 9.17) is 0 Å². The fraction of sp³-hybridized carbons (Fsp3) is 0.550. The lowest BCUT2D eigenvalue weighted by atomic mass is 9.88. The standard InChI is InChI=1S/C20H28N4.2ClH/c1-4-23-11-17(21-14-23)12-24-10-16-9-22(3)20(19(16)13-24)18-8-6-5-7-15(18)2;;/h5-8,11,14,16,19-20H,4,9-10,12-13H2,1-3H3;2*1H/t16-,19+,20-;;/m0../s1. The number of nitrogens with zero attached hydrogens (tertiary/aromatic N) is 4. The third-order valence-electron chi connectivity index (χ3n) is 5.91. The van der Waals surface area contributed by atoms with Gasteiger partial charge in [-0.2, -0.15) is 0 Å². The van der Waals surface area contributed by atoms with E-state index >= 15 is 0 Å². The molecule has 6 heteroatoms. The molecule has 2 aromatic rings. The van der Waals surface area contributed by atoms with Crippen LogP contribution in [0.2, 0.25) is 0 Å². The van der Waals surface area contributed by atoms with E-state index in [0.29, 0.717) is 6.04 Å². The molecule has 0 saturated carbocycles. The van der Waals surface area contributed by atoms with Gasteiger partial charge in [-0.15, -0.1) is 24.8 Å². The van der Waals surface area contributed by atoms with Crippen molar-refractivity contribution < 1.29 is 0 Å². The van der Waals surface area contributed by atoms with Crippen molar-refractivity contribution in [3.8, 4) is 0 Å². The minimum absolute atomic E-state index is 0. The van der Waals surface area contributed by atoms with E-state index in [1.807, 2.05) is 6.33 Å². The molecule has 0 radical (unpaired) electrons. The summed E-state index contributed by atoms with van der Waals surface area (Å²) in [4.78, 5) is 9.74. The van der Waals surface area contributed by atoms with Gasteiger partial charge in [0.2, 0.25) is 0 Å². The van der Waals surface area contributed by atoms with Crippen molar-refractivity contribution in [1.82, 2.24) is 19.4 Å². The van der Waals surface area contributed by atoms with Crippen LogP contribution < -0.4 is 0 Å². The molecule has 3 heterocycles. The van der Waals surface area contributed by atoms with E-state index < -0.39 is 0 Å². The first kappa shape index (κ1) is 21.2. The number of aryl methyl sites for hydroxylation is 2. The molecule has 2 aliphatic heterocycles. The van der Waals surface area contributed by atoms with Crippen LogP contribution in [-0.4, -0.2) is 46.0 Å². The summed E-state index contributed by atoms with van der Waals surface area (Å²) in [7, 11) is 2.29. The molecule has 0 aliphatic carbocycles. The maximum atomic E-state index is 4.56. The van der Waals surface area contributed by atoms with Gasteiger partial charge in [0.05, 0.1) is 12.0 Å². The van der Waals surface area contributed by atoms with Crippen molar-refractivity contribution in [1.29, 1.82) is 0 Å². The maximum absolute atomic E-state index is 4.56. The van der Waals surface area contributed by atoms with Crippen molar-refractivity contribution >= 4 is 24.8 Å². The summed E-state index contributed by atoms with van der Waals surface area (Å²) in [5.74, 6) is 1.53. The summed E-state index contributed by atoms with van der Waals surface area (Å²) in [6, 6.07) is 9.48. The molecular formula is C20H30Cl2N4. The van der Waals surface area contributed by atoms with Gasteiger partial charge in [0.15, 0.2) is 0 Å². The smallest absolute Gasteiger partial charge is 0.0949 e. The van der Waals surface area contributed by atoms with Crippen LogP contribution in [0.15, 0.2) is 36.8 Å². The van der Waals surface area contributed by atoms with Crippen LogP contribution >= 0.6 is 24.8 Å². The zero-order valence-corrected chi connectivity index (χ0v) is 17.5. The third-order valence-corrected chi connectivity index (χ3v) is 5.91. The van der Waals surface area contributed by atoms with Crippen LogP contribution in [-0.2, 0) is 13.1 Å². The van der Waals surface area contributed by atoms with Crippen LogP contribution in [0.4, 0.5) is 0 Å². The first-order chi connectivity index (χ1) is 11.7. The number of halogens is 2. The first-order valence-electron chi connectivity index (χ1n) is 9.14. The topological polar surface area (TPSA) is 24.3 Å². The molecule has 144 valence electrons. The summed E-state index contributed by atoms with van der Waals surface area (Å²) >= 11 is 0. The Balaban J connectivity index is 0.00000121. The zero-order chi connectivity index (χ0) is 16.7. The van der Waals surface area contributed by atoms with E-state index in [-0.39, 0.29) is 24.8 Å². The summed E-state index contributed by atoms with van der Waals surface area (Å²) < 4.78 is 2.16. The Labute approximate surface area is 169 Å². The van der Waals surface area contributed by atoms with Crippen molar-refractivity contribution in [2.75, 3.05) is 26.7 Å². The second-order valence-corrected chi connectivity index (χ2v) is 7.55. The highest BCUT2D eigenvalue weighted by Gasteiger charge is 2.46. The molecule has 2 fully saturated rings. The zero-order valence-electron chi connectivity index (χ0n) is 15.8. The van der Waals surface area contributed by atoms with Crippen LogP contribution in [0.5, 0.6) is 0 Å². The van der Waals surface area contributed by atoms with Gasteiger partial charge in [0, 0.05) is 45.0 Å². The minimum atomic E-state index is 0.